The van der Waals surface area contributed by atoms with E-state index in [1.54, 1.807) is 0 Å². The second-order valence-electron chi connectivity index (χ2n) is 3.56. The molecule has 0 amide bonds. The molecule has 0 radical (unpaired) electrons. The third-order valence-corrected chi connectivity index (χ3v) is 1.72. The van der Waals surface area contributed by atoms with E-state index in [1.165, 1.54) is 0 Å². The van der Waals surface area contributed by atoms with Crippen molar-refractivity contribution in [2.75, 3.05) is 6.61 Å². The number of hydrogen-bond acceptors (Lipinski definition) is 2. The maximum Gasteiger partial charge on any atom is 0.119 e. The highest BCUT2D eigenvalue weighted by Gasteiger charge is 1.97. The monoisotopic (exact) mass is 215 g/mol. The summed E-state index contributed by atoms with van der Waals surface area (Å²) in [6.45, 7) is 5.59. The topological polar surface area (TPSA) is 35.2 Å². The fraction of sp³-hybridized carbons (Fsp3) is 0.455. The van der Waals surface area contributed by atoms with Crippen LogP contribution in [-0.4, -0.2) is 6.61 Å². The predicted molar refractivity (Wildman–Crippen MR) is 61.9 cm³/mol. The zero-order chi connectivity index (χ0) is 9.68. The van der Waals surface area contributed by atoms with E-state index < -0.39 is 0 Å². The molecule has 0 aromatic heterocycles. The van der Waals surface area contributed by atoms with Gasteiger partial charge in [0.25, 0.3) is 0 Å². The van der Waals surface area contributed by atoms with Gasteiger partial charge in [-0.1, -0.05) is 26.0 Å². The summed E-state index contributed by atoms with van der Waals surface area (Å²) in [4.78, 5) is 0. The highest BCUT2D eigenvalue weighted by molar-refractivity contribution is 5.85. The van der Waals surface area contributed by atoms with Crippen LogP contribution in [0.4, 0.5) is 0 Å². The van der Waals surface area contributed by atoms with Gasteiger partial charge in [-0.05, 0) is 23.6 Å². The second-order valence-corrected chi connectivity index (χ2v) is 3.56. The number of rotatable bonds is 4. The van der Waals surface area contributed by atoms with Crippen LogP contribution in [0.15, 0.2) is 24.3 Å². The molecule has 2 nitrogen and oxygen atoms in total. The smallest absolute Gasteiger partial charge is 0.119 e. The summed E-state index contributed by atoms with van der Waals surface area (Å²) in [6.07, 6.45) is 0. The molecule has 0 fully saturated rings. The van der Waals surface area contributed by atoms with Crippen LogP contribution in [0.1, 0.15) is 19.4 Å². The van der Waals surface area contributed by atoms with Crippen molar-refractivity contribution < 1.29 is 4.74 Å². The molecule has 2 N–H and O–H groups in total. The molecule has 80 valence electrons. The first-order valence-electron chi connectivity index (χ1n) is 4.64. The van der Waals surface area contributed by atoms with E-state index in [0.717, 1.165) is 17.9 Å². The van der Waals surface area contributed by atoms with Crippen LogP contribution < -0.4 is 10.5 Å². The van der Waals surface area contributed by atoms with Crippen LogP contribution in [0.3, 0.4) is 0 Å². The van der Waals surface area contributed by atoms with Gasteiger partial charge in [-0.3, -0.25) is 0 Å². The Morgan fingerprint density at radius 1 is 1.36 bits per heavy atom. The minimum absolute atomic E-state index is 0. The number of benzene rings is 1. The van der Waals surface area contributed by atoms with Gasteiger partial charge in [0.15, 0.2) is 0 Å². The minimum Gasteiger partial charge on any atom is -0.493 e. The number of hydrogen-bond donors (Lipinski definition) is 1. The van der Waals surface area contributed by atoms with E-state index in [0.29, 0.717) is 12.5 Å². The van der Waals surface area contributed by atoms with Crippen LogP contribution >= 0.6 is 12.4 Å². The van der Waals surface area contributed by atoms with Gasteiger partial charge < -0.3 is 10.5 Å². The first-order chi connectivity index (χ1) is 6.22. The second kappa shape index (κ2) is 6.68. The van der Waals surface area contributed by atoms with Gasteiger partial charge in [-0.25, -0.2) is 0 Å². The van der Waals surface area contributed by atoms with E-state index in [9.17, 15) is 0 Å². The zero-order valence-corrected chi connectivity index (χ0v) is 9.51. The molecule has 0 bridgehead atoms. The van der Waals surface area contributed by atoms with Crippen LogP contribution in [0, 0.1) is 5.92 Å². The molecule has 0 atom stereocenters. The van der Waals surface area contributed by atoms with Crippen molar-refractivity contribution in [3.8, 4) is 5.75 Å². The average molecular weight is 216 g/mol. The Labute approximate surface area is 91.9 Å². The maximum atomic E-state index is 5.55. The molecular weight excluding hydrogens is 198 g/mol. The average Bonchev–Trinajstić information content (AvgIpc) is 2.15. The maximum absolute atomic E-state index is 5.55. The van der Waals surface area contributed by atoms with Gasteiger partial charge in [0, 0.05) is 6.54 Å². The Balaban J connectivity index is 0.00000169. The molecule has 1 rings (SSSR count). The normalized spacial score (nSPS) is 9.71. The summed E-state index contributed by atoms with van der Waals surface area (Å²) in [5.74, 6) is 1.47. The van der Waals surface area contributed by atoms with Crippen LogP contribution in [0.5, 0.6) is 5.75 Å². The van der Waals surface area contributed by atoms with Crippen molar-refractivity contribution in [3.05, 3.63) is 29.8 Å². The Morgan fingerprint density at radius 2 is 2.07 bits per heavy atom. The molecular formula is C11H18ClNO. The van der Waals surface area contributed by atoms with Crippen LogP contribution in [0.2, 0.25) is 0 Å². The third kappa shape index (κ3) is 4.49. The van der Waals surface area contributed by atoms with E-state index in [1.807, 2.05) is 24.3 Å². The van der Waals surface area contributed by atoms with Gasteiger partial charge in [0.1, 0.15) is 5.75 Å². The largest absolute Gasteiger partial charge is 0.493 e. The number of halogens is 1. The summed E-state index contributed by atoms with van der Waals surface area (Å²) in [5, 5.41) is 0. The third-order valence-electron chi connectivity index (χ3n) is 1.72. The van der Waals surface area contributed by atoms with Gasteiger partial charge in [0.05, 0.1) is 6.61 Å². The van der Waals surface area contributed by atoms with Gasteiger partial charge in [-0.15, -0.1) is 12.4 Å². The van der Waals surface area contributed by atoms with Crippen molar-refractivity contribution in [1.82, 2.24) is 0 Å². The van der Waals surface area contributed by atoms with Crippen molar-refractivity contribution in [1.29, 1.82) is 0 Å². The molecule has 0 unspecified atom stereocenters. The summed E-state index contributed by atoms with van der Waals surface area (Å²) < 4.78 is 5.55. The van der Waals surface area contributed by atoms with Gasteiger partial charge in [-0.2, -0.15) is 0 Å². The SMILES string of the molecule is CC(C)COc1cccc(CN)c1.Cl. The molecule has 0 aliphatic heterocycles. The van der Waals surface area contributed by atoms with Crippen molar-refractivity contribution in [3.63, 3.8) is 0 Å². The summed E-state index contributed by atoms with van der Waals surface area (Å²) in [7, 11) is 0. The molecule has 0 aliphatic rings. The van der Waals surface area contributed by atoms with Crippen LogP contribution in [-0.2, 0) is 6.54 Å². The van der Waals surface area contributed by atoms with Crippen molar-refractivity contribution in [2.24, 2.45) is 11.7 Å². The Morgan fingerprint density at radius 3 is 2.64 bits per heavy atom. The quantitative estimate of drug-likeness (QED) is 0.838. The lowest BCUT2D eigenvalue weighted by atomic mass is 10.2. The van der Waals surface area contributed by atoms with Crippen molar-refractivity contribution in [2.45, 2.75) is 20.4 Å². The van der Waals surface area contributed by atoms with E-state index >= 15 is 0 Å². The minimum atomic E-state index is 0. The van der Waals surface area contributed by atoms with E-state index in [-0.39, 0.29) is 12.4 Å². The molecule has 1 aromatic rings. The summed E-state index contributed by atoms with van der Waals surface area (Å²) >= 11 is 0. The zero-order valence-electron chi connectivity index (χ0n) is 8.69. The molecule has 14 heavy (non-hydrogen) atoms. The molecule has 3 heteroatoms. The standard InChI is InChI=1S/C11H17NO.ClH/c1-9(2)8-13-11-5-3-4-10(6-11)7-12;/h3-6,9H,7-8,12H2,1-2H3;1H. The lowest BCUT2D eigenvalue weighted by molar-refractivity contribution is 0.271. The van der Waals surface area contributed by atoms with Gasteiger partial charge in [0.2, 0.25) is 0 Å². The first kappa shape index (κ1) is 13.3. The Hall–Kier alpha value is -0.730. The highest BCUT2D eigenvalue weighted by Crippen LogP contribution is 2.13. The molecule has 0 aliphatic carbocycles. The predicted octanol–water partition coefficient (Wildman–Crippen LogP) is 2.60. The highest BCUT2D eigenvalue weighted by atomic mass is 35.5. The Bertz CT molecular complexity index is 263. The van der Waals surface area contributed by atoms with Gasteiger partial charge >= 0.3 is 0 Å². The molecule has 0 heterocycles. The fourth-order valence-electron chi connectivity index (χ4n) is 1.03. The Kier molecular flexibility index (Phi) is 6.34. The summed E-state index contributed by atoms with van der Waals surface area (Å²) in [5.41, 5.74) is 6.63. The number of nitrogens with two attached hydrogens (primary N) is 1. The van der Waals surface area contributed by atoms with E-state index in [2.05, 4.69) is 13.8 Å². The lowest BCUT2D eigenvalue weighted by Gasteiger charge is -2.09. The summed E-state index contributed by atoms with van der Waals surface area (Å²) in [6, 6.07) is 7.92. The first-order valence-corrected chi connectivity index (χ1v) is 4.64. The molecule has 0 saturated heterocycles. The molecule has 0 saturated carbocycles. The number of ether oxygens (including phenoxy) is 1. The van der Waals surface area contributed by atoms with Crippen molar-refractivity contribution >= 4 is 12.4 Å². The fourth-order valence-corrected chi connectivity index (χ4v) is 1.03. The molecule has 1 aromatic carbocycles. The van der Waals surface area contributed by atoms with Crippen LogP contribution in [0.25, 0.3) is 0 Å². The lowest BCUT2D eigenvalue weighted by Crippen LogP contribution is -2.05. The molecule has 0 spiro atoms. The van der Waals surface area contributed by atoms with E-state index in [4.69, 9.17) is 10.5 Å².